The molecule has 2 aromatic carbocycles. The van der Waals surface area contributed by atoms with Gasteiger partial charge in [0.15, 0.2) is 11.5 Å². The fourth-order valence-electron chi connectivity index (χ4n) is 2.32. The molecule has 0 saturated heterocycles. The van der Waals surface area contributed by atoms with Crippen LogP contribution in [-0.4, -0.2) is 12.7 Å². The first-order valence-electron chi connectivity index (χ1n) is 7.27. The molecule has 0 atom stereocenters. The maximum absolute atomic E-state index is 12.5. The number of aryl methyl sites for hydroxylation is 1. The maximum Gasteiger partial charge on any atom is 0.416 e. The van der Waals surface area contributed by atoms with Crippen molar-refractivity contribution in [3.05, 3.63) is 53.6 Å². The molecule has 0 aromatic heterocycles. The predicted molar refractivity (Wildman–Crippen MR) is 81.0 cm³/mol. The van der Waals surface area contributed by atoms with Crippen LogP contribution in [0.4, 0.5) is 18.9 Å². The highest BCUT2D eigenvalue weighted by molar-refractivity contribution is 5.90. The number of benzene rings is 2. The summed E-state index contributed by atoms with van der Waals surface area (Å²) < 4.78 is 47.9. The van der Waals surface area contributed by atoms with E-state index in [2.05, 4.69) is 5.32 Å². The first-order valence-corrected chi connectivity index (χ1v) is 7.27. The zero-order chi connectivity index (χ0) is 17.2. The van der Waals surface area contributed by atoms with E-state index in [0.29, 0.717) is 23.6 Å². The van der Waals surface area contributed by atoms with Gasteiger partial charge in [-0.05, 0) is 48.4 Å². The number of halogens is 3. The molecule has 0 fully saturated rings. The molecule has 0 spiro atoms. The predicted octanol–water partition coefficient (Wildman–Crippen LogP) is 4.01. The Labute approximate surface area is 136 Å². The van der Waals surface area contributed by atoms with Crippen LogP contribution < -0.4 is 14.8 Å². The average Bonchev–Trinajstić information content (AvgIpc) is 3.00. The van der Waals surface area contributed by atoms with Crippen molar-refractivity contribution in [2.45, 2.75) is 19.0 Å². The van der Waals surface area contributed by atoms with Gasteiger partial charge in [0.1, 0.15) is 0 Å². The summed E-state index contributed by atoms with van der Waals surface area (Å²) in [6.45, 7) is 0.188. The fourth-order valence-corrected chi connectivity index (χ4v) is 2.32. The lowest BCUT2D eigenvalue weighted by Crippen LogP contribution is -2.12. The minimum absolute atomic E-state index is 0.188. The molecule has 0 aliphatic carbocycles. The molecule has 2 aromatic rings. The quantitative estimate of drug-likeness (QED) is 0.917. The number of amides is 1. The summed E-state index contributed by atoms with van der Waals surface area (Å²) in [4.78, 5) is 11.9. The van der Waals surface area contributed by atoms with Gasteiger partial charge in [0.25, 0.3) is 0 Å². The molecular weight excluding hydrogens is 323 g/mol. The Morgan fingerprint density at radius 3 is 2.46 bits per heavy atom. The summed E-state index contributed by atoms with van der Waals surface area (Å²) in [5.74, 6) is 1.05. The van der Waals surface area contributed by atoms with Crippen LogP contribution in [0.25, 0.3) is 0 Å². The van der Waals surface area contributed by atoms with Crippen molar-refractivity contribution in [2.24, 2.45) is 0 Å². The lowest BCUT2D eigenvalue weighted by molar-refractivity contribution is -0.137. The smallest absolute Gasteiger partial charge is 0.416 e. The largest absolute Gasteiger partial charge is 0.454 e. The van der Waals surface area contributed by atoms with Crippen LogP contribution in [0, 0.1) is 0 Å². The Bertz CT molecular complexity index is 742. The molecule has 1 heterocycles. The minimum atomic E-state index is -4.39. The lowest BCUT2D eigenvalue weighted by atomic mass is 10.1. The first-order chi connectivity index (χ1) is 11.4. The number of hydrogen-bond acceptors (Lipinski definition) is 3. The van der Waals surface area contributed by atoms with E-state index in [9.17, 15) is 18.0 Å². The molecule has 1 aliphatic rings. The molecule has 1 N–H and O–H groups in total. The van der Waals surface area contributed by atoms with Crippen molar-refractivity contribution < 1.29 is 27.4 Å². The fraction of sp³-hybridized carbons (Fsp3) is 0.235. The SMILES string of the molecule is O=C(CCc1ccc2c(c1)OCO2)Nc1ccc(C(F)(F)F)cc1. The summed E-state index contributed by atoms with van der Waals surface area (Å²) >= 11 is 0. The third-order valence-electron chi connectivity index (χ3n) is 3.57. The van der Waals surface area contributed by atoms with E-state index in [1.54, 1.807) is 6.07 Å². The van der Waals surface area contributed by atoms with Crippen molar-refractivity contribution in [1.29, 1.82) is 0 Å². The Morgan fingerprint density at radius 1 is 1.04 bits per heavy atom. The Hall–Kier alpha value is -2.70. The number of rotatable bonds is 4. The molecule has 0 saturated carbocycles. The number of ether oxygens (including phenoxy) is 2. The van der Waals surface area contributed by atoms with Gasteiger partial charge in [-0.3, -0.25) is 4.79 Å². The van der Waals surface area contributed by atoms with E-state index in [1.165, 1.54) is 12.1 Å². The second-order valence-corrected chi connectivity index (χ2v) is 5.31. The third kappa shape index (κ3) is 3.79. The highest BCUT2D eigenvalue weighted by Crippen LogP contribution is 2.33. The Morgan fingerprint density at radius 2 is 1.75 bits per heavy atom. The molecule has 0 radical (unpaired) electrons. The van der Waals surface area contributed by atoms with Crippen LogP contribution >= 0.6 is 0 Å². The number of fused-ring (bicyclic) bond motifs is 1. The van der Waals surface area contributed by atoms with Gasteiger partial charge >= 0.3 is 6.18 Å². The summed E-state index contributed by atoms with van der Waals surface area (Å²) in [6, 6.07) is 9.79. The van der Waals surface area contributed by atoms with Crippen LogP contribution in [0.5, 0.6) is 11.5 Å². The van der Waals surface area contributed by atoms with E-state index >= 15 is 0 Å². The summed E-state index contributed by atoms with van der Waals surface area (Å²) in [6.07, 6.45) is -3.69. The van der Waals surface area contributed by atoms with Crippen molar-refractivity contribution in [3.63, 3.8) is 0 Å². The molecule has 24 heavy (non-hydrogen) atoms. The van der Waals surface area contributed by atoms with Gasteiger partial charge in [0.05, 0.1) is 5.56 Å². The van der Waals surface area contributed by atoms with Crippen molar-refractivity contribution in [2.75, 3.05) is 12.1 Å². The summed E-state index contributed by atoms with van der Waals surface area (Å²) in [5, 5.41) is 2.58. The van der Waals surface area contributed by atoms with Gasteiger partial charge in [-0.15, -0.1) is 0 Å². The van der Waals surface area contributed by atoms with Crippen LogP contribution in [-0.2, 0) is 17.4 Å². The zero-order valence-electron chi connectivity index (χ0n) is 12.5. The zero-order valence-corrected chi connectivity index (χ0v) is 12.5. The van der Waals surface area contributed by atoms with E-state index in [4.69, 9.17) is 9.47 Å². The second kappa shape index (κ2) is 6.43. The molecule has 126 valence electrons. The van der Waals surface area contributed by atoms with E-state index in [1.807, 2.05) is 12.1 Å². The number of nitrogens with one attached hydrogen (secondary N) is 1. The molecule has 1 aliphatic heterocycles. The first kappa shape index (κ1) is 16.2. The highest BCUT2D eigenvalue weighted by atomic mass is 19.4. The number of carbonyl (C=O) groups excluding carboxylic acids is 1. The highest BCUT2D eigenvalue weighted by Gasteiger charge is 2.29. The Balaban J connectivity index is 1.54. The van der Waals surface area contributed by atoms with Gasteiger partial charge in [-0.2, -0.15) is 13.2 Å². The van der Waals surface area contributed by atoms with Gasteiger partial charge in [0, 0.05) is 12.1 Å². The minimum Gasteiger partial charge on any atom is -0.454 e. The van der Waals surface area contributed by atoms with E-state index in [-0.39, 0.29) is 19.1 Å². The summed E-state index contributed by atoms with van der Waals surface area (Å²) in [7, 11) is 0. The van der Waals surface area contributed by atoms with Gasteiger partial charge in [-0.25, -0.2) is 0 Å². The number of alkyl halides is 3. The summed E-state index contributed by atoms with van der Waals surface area (Å²) in [5.41, 5.74) is 0.501. The van der Waals surface area contributed by atoms with Gasteiger partial charge < -0.3 is 14.8 Å². The number of anilines is 1. The second-order valence-electron chi connectivity index (χ2n) is 5.31. The Kier molecular flexibility index (Phi) is 4.33. The number of carbonyl (C=O) groups is 1. The van der Waals surface area contributed by atoms with Crippen LogP contribution in [0.2, 0.25) is 0 Å². The molecule has 7 heteroatoms. The standard InChI is InChI=1S/C17H14F3NO3/c18-17(19,20)12-3-5-13(6-4-12)21-16(22)8-2-11-1-7-14-15(9-11)24-10-23-14/h1,3-7,9H,2,8,10H2,(H,21,22). The van der Waals surface area contributed by atoms with Crippen LogP contribution in [0.3, 0.4) is 0 Å². The maximum atomic E-state index is 12.5. The normalized spacial score (nSPS) is 13.0. The topological polar surface area (TPSA) is 47.6 Å². The van der Waals surface area contributed by atoms with Crippen LogP contribution in [0.1, 0.15) is 17.5 Å². The molecule has 3 rings (SSSR count). The molecule has 1 amide bonds. The number of hydrogen-bond donors (Lipinski definition) is 1. The third-order valence-corrected chi connectivity index (χ3v) is 3.57. The molecule has 4 nitrogen and oxygen atoms in total. The van der Waals surface area contributed by atoms with Gasteiger partial charge in [0.2, 0.25) is 12.7 Å². The van der Waals surface area contributed by atoms with E-state index < -0.39 is 11.7 Å². The molecule has 0 unspecified atom stereocenters. The molecular formula is C17H14F3NO3. The van der Waals surface area contributed by atoms with Gasteiger partial charge in [-0.1, -0.05) is 6.07 Å². The van der Waals surface area contributed by atoms with Crippen molar-refractivity contribution in [3.8, 4) is 11.5 Å². The van der Waals surface area contributed by atoms with E-state index in [0.717, 1.165) is 17.7 Å². The van der Waals surface area contributed by atoms with Crippen molar-refractivity contribution in [1.82, 2.24) is 0 Å². The lowest BCUT2D eigenvalue weighted by Gasteiger charge is -2.09. The van der Waals surface area contributed by atoms with Crippen molar-refractivity contribution >= 4 is 11.6 Å². The monoisotopic (exact) mass is 337 g/mol. The van der Waals surface area contributed by atoms with Crippen LogP contribution in [0.15, 0.2) is 42.5 Å². The molecule has 0 bridgehead atoms. The average molecular weight is 337 g/mol.